The van der Waals surface area contributed by atoms with Crippen LogP contribution in [0.15, 0.2) is 18.2 Å². The van der Waals surface area contributed by atoms with Gasteiger partial charge in [0.1, 0.15) is 5.54 Å². The summed E-state index contributed by atoms with van der Waals surface area (Å²) in [5.41, 5.74) is 6.73. The summed E-state index contributed by atoms with van der Waals surface area (Å²) >= 11 is 6.01. The molecular weight excluding hydrogens is 384 g/mol. The molecule has 6 N–H and O–H groups in total. The molecule has 1 aromatic rings. The van der Waals surface area contributed by atoms with Gasteiger partial charge in [0, 0.05) is 30.6 Å². The van der Waals surface area contributed by atoms with E-state index < -0.39 is 30.6 Å². The van der Waals surface area contributed by atoms with Crippen LogP contribution in [0.1, 0.15) is 24.0 Å². The first-order valence-corrected chi connectivity index (χ1v) is 9.76. The smallest absolute Gasteiger partial charge is 0.451 e. The van der Waals surface area contributed by atoms with Gasteiger partial charge in [-0.2, -0.15) is 0 Å². The third kappa shape index (κ3) is 4.34. The van der Waals surface area contributed by atoms with Crippen LogP contribution >= 0.6 is 11.6 Å². The van der Waals surface area contributed by atoms with Gasteiger partial charge in [-0.3, -0.25) is 9.59 Å². The number of carbonyl (C=O) groups excluding carboxylic acids is 1. The van der Waals surface area contributed by atoms with Crippen molar-refractivity contribution < 1.29 is 24.7 Å². The summed E-state index contributed by atoms with van der Waals surface area (Å²) in [6.07, 6.45) is 1.48. The van der Waals surface area contributed by atoms with Crippen molar-refractivity contribution in [1.29, 1.82) is 0 Å². The van der Waals surface area contributed by atoms with E-state index >= 15 is 0 Å². The van der Waals surface area contributed by atoms with E-state index in [1.54, 1.807) is 6.07 Å². The molecule has 0 saturated carbocycles. The lowest BCUT2D eigenvalue weighted by Gasteiger charge is -2.29. The lowest BCUT2D eigenvalue weighted by molar-refractivity contribution is -0.144. The molecule has 3 atom stereocenters. The van der Waals surface area contributed by atoms with Crippen LogP contribution < -0.4 is 11.1 Å². The highest BCUT2D eigenvalue weighted by atomic mass is 35.5. The van der Waals surface area contributed by atoms with Crippen LogP contribution in [-0.4, -0.2) is 63.7 Å². The number of halogens is 1. The first kappa shape index (κ1) is 21.1. The lowest BCUT2D eigenvalue weighted by atomic mass is 9.78. The van der Waals surface area contributed by atoms with E-state index in [1.807, 2.05) is 12.1 Å². The third-order valence-electron chi connectivity index (χ3n) is 5.78. The van der Waals surface area contributed by atoms with Gasteiger partial charge >= 0.3 is 13.1 Å². The molecule has 152 valence electrons. The molecule has 0 bridgehead atoms. The van der Waals surface area contributed by atoms with Crippen molar-refractivity contribution in [2.45, 2.75) is 43.7 Å². The van der Waals surface area contributed by atoms with Crippen molar-refractivity contribution in [2.24, 2.45) is 11.7 Å². The summed E-state index contributed by atoms with van der Waals surface area (Å²) in [6.45, 7) is 0.707. The van der Waals surface area contributed by atoms with Crippen LogP contribution in [0, 0.1) is 5.92 Å². The molecule has 1 aromatic carbocycles. The van der Waals surface area contributed by atoms with Crippen molar-refractivity contribution >= 4 is 30.6 Å². The number of amides is 1. The minimum Gasteiger partial charge on any atom is -0.480 e. The van der Waals surface area contributed by atoms with Gasteiger partial charge in [0.2, 0.25) is 5.91 Å². The van der Waals surface area contributed by atoms with Crippen LogP contribution in [0.5, 0.6) is 0 Å². The Kier molecular flexibility index (Phi) is 6.31. The number of nitrogens with two attached hydrogens (primary N) is 1. The maximum absolute atomic E-state index is 13.0. The molecule has 8 nitrogen and oxygen atoms in total. The highest BCUT2D eigenvalue weighted by Crippen LogP contribution is 2.32. The van der Waals surface area contributed by atoms with E-state index in [-0.39, 0.29) is 25.3 Å². The molecule has 2 aliphatic rings. The molecule has 28 heavy (non-hydrogen) atoms. The van der Waals surface area contributed by atoms with Crippen LogP contribution in [0.2, 0.25) is 11.3 Å². The number of fused-ring (bicyclic) bond motifs is 1. The summed E-state index contributed by atoms with van der Waals surface area (Å²) in [7, 11) is -1.43. The Morgan fingerprint density at radius 1 is 1.36 bits per heavy atom. The topological polar surface area (TPSA) is 136 Å². The van der Waals surface area contributed by atoms with Gasteiger partial charge in [-0.1, -0.05) is 24.1 Å². The van der Waals surface area contributed by atoms with Gasteiger partial charge < -0.3 is 31.1 Å². The van der Waals surface area contributed by atoms with E-state index in [0.29, 0.717) is 30.8 Å². The maximum Gasteiger partial charge on any atom is 0.451 e. The van der Waals surface area contributed by atoms with Gasteiger partial charge in [0.05, 0.1) is 6.04 Å². The molecule has 0 spiro atoms. The fourth-order valence-electron chi connectivity index (χ4n) is 4.12. The second-order valence-corrected chi connectivity index (χ2v) is 8.16. The lowest BCUT2D eigenvalue weighted by Crippen LogP contribution is -2.56. The number of benzene rings is 1. The Bertz CT molecular complexity index is 765. The minimum atomic E-state index is -1.53. The normalized spacial score (nSPS) is 26.8. The Morgan fingerprint density at radius 3 is 2.79 bits per heavy atom. The van der Waals surface area contributed by atoms with Gasteiger partial charge in [0.15, 0.2) is 0 Å². The van der Waals surface area contributed by atoms with Crippen molar-refractivity contribution in [3.63, 3.8) is 0 Å². The number of rotatable bonds is 6. The monoisotopic (exact) mass is 409 g/mol. The van der Waals surface area contributed by atoms with Crippen molar-refractivity contribution in [3.8, 4) is 0 Å². The summed E-state index contributed by atoms with van der Waals surface area (Å²) in [5.74, 6) is -1.75. The fourth-order valence-corrected chi connectivity index (χ4v) is 4.32. The van der Waals surface area contributed by atoms with E-state index in [0.717, 1.165) is 11.1 Å². The number of nitrogens with one attached hydrogen (secondary N) is 1. The van der Waals surface area contributed by atoms with Crippen molar-refractivity contribution in [1.82, 2.24) is 10.2 Å². The molecule has 3 rings (SSSR count). The van der Waals surface area contributed by atoms with Crippen molar-refractivity contribution in [2.75, 3.05) is 13.1 Å². The van der Waals surface area contributed by atoms with Crippen LogP contribution in [0.4, 0.5) is 0 Å². The highest BCUT2D eigenvalue weighted by molar-refractivity contribution is 6.40. The zero-order chi connectivity index (χ0) is 20.5. The van der Waals surface area contributed by atoms with Crippen molar-refractivity contribution in [3.05, 3.63) is 34.3 Å². The molecule has 1 amide bonds. The Labute approximate surface area is 168 Å². The Morgan fingerprint density at radius 2 is 2.11 bits per heavy atom. The Balaban J connectivity index is 1.68. The Hall–Kier alpha value is -1.65. The van der Waals surface area contributed by atoms with Crippen LogP contribution in [0.25, 0.3) is 0 Å². The minimum absolute atomic E-state index is 0.0564. The quantitative estimate of drug-likeness (QED) is 0.412. The van der Waals surface area contributed by atoms with E-state index in [9.17, 15) is 14.7 Å². The molecule has 0 aliphatic carbocycles. The summed E-state index contributed by atoms with van der Waals surface area (Å²) in [4.78, 5) is 26.3. The zero-order valence-corrected chi connectivity index (χ0v) is 16.2. The zero-order valence-electron chi connectivity index (χ0n) is 15.5. The van der Waals surface area contributed by atoms with Gasteiger partial charge in [-0.25, -0.2) is 0 Å². The number of hydrogen-bond donors (Lipinski definition) is 5. The summed E-state index contributed by atoms with van der Waals surface area (Å²) in [5, 5.41) is 31.5. The highest BCUT2D eigenvalue weighted by Gasteiger charge is 2.51. The first-order chi connectivity index (χ1) is 13.2. The summed E-state index contributed by atoms with van der Waals surface area (Å²) in [6, 6.07) is 5.14. The van der Waals surface area contributed by atoms with Gasteiger partial charge in [-0.05, 0) is 42.4 Å². The number of nitrogens with zero attached hydrogens (tertiary/aromatic N) is 1. The largest absolute Gasteiger partial charge is 0.480 e. The molecule has 1 unspecified atom stereocenters. The number of carbonyl (C=O) groups is 2. The first-order valence-electron chi connectivity index (χ1n) is 9.38. The number of hydrogen-bond acceptors (Lipinski definition) is 6. The van der Waals surface area contributed by atoms with Crippen LogP contribution in [-0.2, 0) is 22.6 Å². The third-order valence-corrected chi connectivity index (χ3v) is 6.01. The second-order valence-electron chi connectivity index (χ2n) is 7.72. The number of likely N-dealkylation sites (tertiary alicyclic amines) is 1. The number of carboxylic acids is 1. The average molecular weight is 410 g/mol. The SMILES string of the molecule is N[C@@]1(C(=O)O)CN(C(=O)C2Cc3ccc(Cl)cc3CN2)C[C@@H]1CCCB(O)O. The average Bonchev–Trinajstić information content (AvgIpc) is 2.98. The second kappa shape index (κ2) is 8.38. The molecular formula is C18H25BClN3O5. The van der Waals surface area contributed by atoms with Gasteiger partial charge in [-0.15, -0.1) is 0 Å². The molecule has 2 heterocycles. The van der Waals surface area contributed by atoms with E-state index in [4.69, 9.17) is 27.4 Å². The molecule has 10 heteroatoms. The predicted molar refractivity (Wildman–Crippen MR) is 105 cm³/mol. The molecule has 2 aliphatic heterocycles. The van der Waals surface area contributed by atoms with E-state index in [2.05, 4.69) is 5.32 Å². The molecule has 1 fully saturated rings. The summed E-state index contributed by atoms with van der Waals surface area (Å²) < 4.78 is 0. The van der Waals surface area contributed by atoms with Crippen LogP contribution in [0.3, 0.4) is 0 Å². The van der Waals surface area contributed by atoms with Gasteiger partial charge in [0.25, 0.3) is 0 Å². The fraction of sp³-hybridized carbons (Fsp3) is 0.556. The maximum atomic E-state index is 13.0. The predicted octanol–water partition coefficient (Wildman–Crippen LogP) is -0.152. The number of carboxylic acid groups (broad SMARTS) is 1. The molecule has 0 aromatic heterocycles. The van der Waals surface area contributed by atoms with E-state index in [1.165, 1.54) is 4.90 Å². The molecule has 0 radical (unpaired) electrons. The number of aliphatic carboxylic acids is 1. The standard InChI is InChI=1S/C18H25BClN3O5/c20-14-4-3-11-7-15(22-8-12(11)6-14)16(24)23-9-13(2-1-5-19(27)28)18(21,10-23)17(25)26/h3-4,6,13,15,22,27-28H,1-2,5,7-10,21H2,(H,25,26)/t13-,15?,18-/m0/s1. The molecule has 1 saturated heterocycles.